The number of amides is 1. The second-order valence-electron chi connectivity index (χ2n) is 7.29. The van der Waals surface area contributed by atoms with Crippen LogP contribution < -0.4 is 0 Å². The Kier molecular flexibility index (Phi) is 6.52. The number of carbonyl (C=O) groups excluding carboxylic acids is 1. The average Bonchev–Trinajstić information content (AvgIpc) is 2.72. The van der Waals surface area contributed by atoms with Crippen LogP contribution in [0.25, 0.3) is 0 Å². The Balaban J connectivity index is 1.56. The second-order valence-corrected chi connectivity index (χ2v) is 9.23. The monoisotopic (exact) mass is 440 g/mol. The number of benzene rings is 2. The Morgan fingerprint density at radius 2 is 1.50 bits per heavy atom. The van der Waals surface area contributed by atoms with Gasteiger partial charge >= 0.3 is 6.18 Å². The molecule has 1 aliphatic rings. The van der Waals surface area contributed by atoms with E-state index in [1.165, 1.54) is 4.31 Å². The number of aryl methyl sites for hydroxylation is 2. The fourth-order valence-corrected chi connectivity index (χ4v) is 4.73. The number of carbonyl (C=O) groups is 1. The topological polar surface area (TPSA) is 57.7 Å². The fraction of sp³-hybridized carbons (Fsp3) is 0.381. The fourth-order valence-electron chi connectivity index (χ4n) is 3.31. The van der Waals surface area contributed by atoms with Gasteiger partial charge < -0.3 is 4.90 Å². The largest absolute Gasteiger partial charge is 0.416 e. The van der Waals surface area contributed by atoms with E-state index in [0.717, 1.165) is 35.4 Å². The summed E-state index contributed by atoms with van der Waals surface area (Å²) in [6, 6.07) is 11.4. The van der Waals surface area contributed by atoms with Crippen LogP contribution in [0, 0.1) is 6.92 Å². The molecule has 1 heterocycles. The molecular formula is C21H23F3N2O3S. The van der Waals surface area contributed by atoms with Crippen molar-refractivity contribution in [2.75, 3.05) is 26.2 Å². The molecule has 162 valence electrons. The van der Waals surface area contributed by atoms with Crippen molar-refractivity contribution >= 4 is 15.9 Å². The van der Waals surface area contributed by atoms with Crippen LogP contribution in [-0.4, -0.2) is 49.7 Å². The van der Waals surface area contributed by atoms with Crippen molar-refractivity contribution in [3.05, 3.63) is 65.2 Å². The van der Waals surface area contributed by atoms with E-state index in [1.807, 2.05) is 31.2 Å². The molecule has 0 saturated carbocycles. The van der Waals surface area contributed by atoms with Crippen LogP contribution in [0.15, 0.2) is 53.4 Å². The second kappa shape index (κ2) is 8.77. The number of hydrogen-bond acceptors (Lipinski definition) is 3. The molecule has 0 spiro atoms. The highest BCUT2D eigenvalue weighted by Gasteiger charge is 2.33. The number of rotatable bonds is 5. The maximum atomic E-state index is 12.7. The Morgan fingerprint density at radius 3 is 2.03 bits per heavy atom. The smallest absolute Gasteiger partial charge is 0.340 e. The van der Waals surface area contributed by atoms with Crippen molar-refractivity contribution in [1.29, 1.82) is 0 Å². The molecule has 0 aliphatic carbocycles. The Bertz CT molecular complexity index is 980. The number of hydrogen-bond donors (Lipinski definition) is 0. The molecule has 1 saturated heterocycles. The number of halogens is 3. The highest BCUT2D eigenvalue weighted by molar-refractivity contribution is 7.89. The lowest BCUT2D eigenvalue weighted by Crippen LogP contribution is -2.50. The van der Waals surface area contributed by atoms with Crippen LogP contribution in [0.3, 0.4) is 0 Å². The van der Waals surface area contributed by atoms with Crippen molar-refractivity contribution < 1.29 is 26.4 Å². The molecule has 0 aromatic heterocycles. The van der Waals surface area contributed by atoms with Gasteiger partial charge in [-0.2, -0.15) is 17.5 Å². The molecule has 3 rings (SSSR count). The van der Waals surface area contributed by atoms with Gasteiger partial charge in [-0.3, -0.25) is 4.79 Å². The van der Waals surface area contributed by atoms with E-state index >= 15 is 0 Å². The quantitative estimate of drug-likeness (QED) is 0.715. The minimum atomic E-state index is -4.52. The third kappa shape index (κ3) is 5.20. The molecular weight excluding hydrogens is 417 g/mol. The SMILES string of the molecule is Cc1ccc(CCC(=O)N2CCN(S(=O)(=O)c3ccc(C(F)(F)F)cc3)CC2)cc1. The van der Waals surface area contributed by atoms with E-state index in [-0.39, 0.29) is 37.0 Å². The number of sulfonamides is 1. The lowest BCUT2D eigenvalue weighted by atomic mass is 10.1. The van der Waals surface area contributed by atoms with Gasteiger partial charge in [-0.1, -0.05) is 29.8 Å². The zero-order valence-corrected chi connectivity index (χ0v) is 17.3. The maximum absolute atomic E-state index is 12.7. The van der Waals surface area contributed by atoms with Crippen molar-refractivity contribution in [3.63, 3.8) is 0 Å². The molecule has 1 aliphatic heterocycles. The van der Waals surface area contributed by atoms with Crippen molar-refractivity contribution in [2.24, 2.45) is 0 Å². The molecule has 0 radical (unpaired) electrons. The van der Waals surface area contributed by atoms with Gasteiger partial charge in [-0.25, -0.2) is 8.42 Å². The van der Waals surface area contributed by atoms with Crippen LogP contribution in [0.1, 0.15) is 23.1 Å². The van der Waals surface area contributed by atoms with E-state index in [4.69, 9.17) is 0 Å². The lowest BCUT2D eigenvalue weighted by molar-refractivity contribution is -0.137. The molecule has 1 amide bonds. The highest BCUT2D eigenvalue weighted by atomic mass is 32.2. The summed E-state index contributed by atoms with van der Waals surface area (Å²) in [6.07, 6.45) is -3.56. The van der Waals surface area contributed by atoms with Crippen LogP contribution in [0.2, 0.25) is 0 Å². The normalized spacial score (nSPS) is 15.9. The molecule has 0 N–H and O–H groups in total. The molecule has 9 heteroatoms. The van der Waals surface area contributed by atoms with Gasteiger partial charge in [0.25, 0.3) is 0 Å². The van der Waals surface area contributed by atoms with Gasteiger partial charge in [0.1, 0.15) is 0 Å². The maximum Gasteiger partial charge on any atom is 0.416 e. The van der Waals surface area contributed by atoms with Crippen LogP contribution in [0.4, 0.5) is 13.2 Å². The minimum Gasteiger partial charge on any atom is -0.340 e. The first-order valence-electron chi connectivity index (χ1n) is 9.58. The first-order valence-corrected chi connectivity index (χ1v) is 11.0. The minimum absolute atomic E-state index is 0.0397. The zero-order chi connectivity index (χ0) is 21.9. The molecule has 2 aromatic carbocycles. The van der Waals surface area contributed by atoms with E-state index in [9.17, 15) is 26.4 Å². The van der Waals surface area contributed by atoms with E-state index < -0.39 is 21.8 Å². The predicted octanol–water partition coefficient (Wildman–Crippen LogP) is 3.48. The zero-order valence-electron chi connectivity index (χ0n) is 16.5. The van der Waals surface area contributed by atoms with Crippen molar-refractivity contribution in [3.8, 4) is 0 Å². The molecule has 30 heavy (non-hydrogen) atoms. The van der Waals surface area contributed by atoms with Gasteiger partial charge in [0.2, 0.25) is 15.9 Å². The predicted molar refractivity (Wildman–Crippen MR) is 106 cm³/mol. The van der Waals surface area contributed by atoms with Gasteiger partial charge in [0.05, 0.1) is 10.5 Å². The lowest BCUT2D eigenvalue weighted by Gasteiger charge is -2.34. The Labute approximate surface area is 174 Å². The summed E-state index contributed by atoms with van der Waals surface area (Å²) in [5, 5.41) is 0. The first-order chi connectivity index (χ1) is 14.1. The summed E-state index contributed by atoms with van der Waals surface area (Å²) in [5.41, 5.74) is 1.32. The highest BCUT2D eigenvalue weighted by Crippen LogP contribution is 2.30. The number of nitrogens with zero attached hydrogens (tertiary/aromatic N) is 2. The van der Waals surface area contributed by atoms with Crippen molar-refractivity contribution in [1.82, 2.24) is 9.21 Å². The number of alkyl halides is 3. The standard InChI is InChI=1S/C21H23F3N2O3S/c1-16-2-4-17(5-3-16)6-11-20(27)25-12-14-26(15-13-25)30(28,29)19-9-7-18(8-10-19)21(22,23)24/h2-5,7-10H,6,11-15H2,1H3. The van der Waals surface area contributed by atoms with Gasteiger partial charge in [0, 0.05) is 32.6 Å². The van der Waals surface area contributed by atoms with Crippen LogP contribution >= 0.6 is 0 Å². The van der Waals surface area contributed by atoms with Gasteiger partial charge in [-0.05, 0) is 43.2 Å². The summed E-state index contributed by atoms with van der Waals surface area (Å²) in [6.45, 7) is 2.73. The van der Waals surface area contributed by atoms with Gasteiger partial charge in [-0.15, -0.1) is 0 Å². The van der Waals surface area contributed by atoms with Crippen molar-refractivity contribution in [2.45, 2.75) is 30.8 Å². The molecule has 2 aromatic rings. The summed E-state index contributed by atoms with van der Waals surface area (Å²) < 4.78 is 64.7. The third-order valence-electron chi connectivity index (χ3n) is 5.16. The molecule has 0 bridgehead atoms. The molecule has 5 nitrogen and oxygen atoms in total. The van der Waals surface area contributed by atoms with Gasteiger partial charge in [0.15, 0.2) is 0 Å². The van der Waals surface area contributed by atoms with Crippen LogP contribution in [-0.2, 0) is 27.4 Å². The molecule has 0 atom stereocenters. The van der Waals surface area contributed by atoms with E-state index in [0.29, 0.717) is 12.8 Å². The summed E-state index contributed by atoms with van der Waals surface area (Å²) in [4.78, 5) is 13.9. The summed E-state index contributed by atoms with van der Waals surface area (Å²) in [5.74, 6) is -0.0397. The average molecular weight is 440 g/mol. The third-order valence-corrected chi connectivity index (χ3v) is 7.07. The Morgan fingerprint density at radius 1 is 0.933 bits per heavy atom. The molecule has 0 unspecified atom stereocenters. The Hall–Kier alpha value is -2.39. The summed E-state index contributed by atoms with van der Waals surface area (Å²) in [7, 11) is -3.90. The molecule has 1 fully saturated rings. The van der Waals surface area contributed by atoms with E-state index in [2.05, 4.69) is 0 Å². The first kappa shape index (κ1) is 22.3. The van der Waals surface area contributed by atoms with Crippen LogP contribution in [0.5, 0.6) is 0 Å². The van der Waals surface area contributed by atoms with E-state index in [1.54, 1.807) is 4.90 Å². The number of piperazine rings is 1. The summed E-state index contributed by atoms with van der Waals surface area (Å²) >= 11 is 0.